The number of carbonyl (C=O) groups is 2. The fourth-order valence-corrected chi connectivity index (χ4v) is 3.25. The van der Waals surface area contributed by atoms with E-state index in [0.29, 0.717) is 17.8 Å². The van der Waals surface area contributed by atoms with Gasteiger partial charge in [0.1, 0.15) is 0 Å². The summed E-state index contributed by atoms with van der Waals surface area (Å²) in [6.45, 7) is 0.316. The summed E-state index contributed by atoms with van der Waals surface area (Å²) in [6.07, 6.45) is 2.10. The molecule has 0 spiro atoms. The summed E-state index contributed by atoms with van der Waals surface area (Å²) in [5.41, 5.74) is 8.98. The van der Waals surface area contributed by atoms with Crippen LogP contribution in [0, 0.1) is 0 Å². The molecule has 124 valence electrons. The Morgan fingerprint density at radius 1 is 1.17 bits per heavy atom. The number of fused-ring (bicyclic) bond motifs is 1. The third kappa shape index (κ3) is 3.46. The minimum absolute atomic E-state index is 0.0753. The highest BCUT2D eigenvalue weighted by atomic mass is 16.2. The van der Waals surface area contributed by atoms with Crippen LogP contribution >= 0.6 is 0 Å². The molecule has 1 unspecified atom stereocenters. The average molecular weight is 323 g/mol. The number of aryl methyl sites for hydroxylation is 1. The van der Waals surface area contributed by atoms with Crippen molar-refractivity contribution in [2.24, 2.45) is 5.73 Å². The Balaban J connectivity index is 1.60. The van der Waals surface area contributed by atoms with E-state index >= 15 is 0 Å². The highest BCUT2D eigenvalue weighted by molar-refractivity contribution is 5.95. The number of amides is 2. The smallest absolute Gasteiger partial charge is 0.248 e. The number of hydrogen-bond acceptors (Lipinski definition) is 3. The first-order valence-electron chi connectivity index (χ1n) is 8.02. The van der Waals surface area contributed by atoms with Crippen molar-refractivity contribution in [2.75, 3.05) is 18.9 Å². The monoisotopic (exact) mass is 323 g/mol. The zero-order valence-corrected chi connectivity index (χ0v) is 13.7. The lowest BCUT2D eigenvalue weighted by atomic mass is 10.1. The van der Waals surface area contributed by atoms with Crippen molar-refractivity contribution in [3.05, 3.63) is 65.2 Å². The van der Waals surface area contributed by atoms with Gasteiger partial charge in [-0.2, -0.15) is 0 Å². The number of likely N-dealkylation sites (N-methyl/N-ethyl adjacent to an activating group) is 1. The second-order valence-corrected chi connectivity index (χ2v) is 6.16. The van der Waals surface area contributed by atoms with Crippen molar-refractivity contribution >= 4 is 17.5 Å². The zero-order valence-electron chi connectivity index (χ0n) is 13.7. The molecule has 2 aromatic carbocycles. The van der Waals surface area contributed by atoms with Crippen molar-refractivity contribution in [3.63, 3.8) is 0 Å². The van der Waals surface area contributed by atoms with E-state index in [1.54, 1.807) is 24.3 Å². The predicted molar refractivity (Wildman–Crippen MR) is 93.7 cm³/mol. The van der Waals surface area contributed by atoms with Gasteiger partial charge in [0.15, 0.2) is 0 Å². The summed E-state index contributed by atoms with van der Waals surface area (Å²) in [4.78, 5) is 25.4. The topological polar surface area (TPSA) is 75.4 Å². The van der Waals surface area contributed by atoms with E-state index in [1.807, 2.05) is 13.1 Å². The summed E-state index contributed by atoms with van der Waals surface area (Å²) in [7, 11) is 1.97. The molecule has 1 aliphatic carbocycles. The standard InChI is InChI=1S/C19H21N3O2/c1-22(17-11-8-13-4-2-3-5-16(13)17)12-18(23)21-15-9-6-14(7-10-15)19(20)24/h2-7,9-10,17H,8,11-12H2,1H3,(H2,20,24)(H,21,23). The van der Waals surface area contributed by atoms with Crippen molar-refractivity contribution in [2.45, 2.75) is 18.9 Å². The van der Waals surface area contributed by atoms with Crippen LogP contribution in [0.3, 0.4) is 0 Å². The van der Waals surface area contributed by atoms with Crippen molar-refractivity contribution in [1.29, 1.82) is 0 Å². The largest absolute Gasteiger partial charge is 0.366 e. The highest BCUT2D eigenvalue weighted by Crippen LogP contribution is 2.34. The maximum atomic E-state index is 12.3. The molecule has 2 aromatic rings. The van der Waals surface area contributed by atoms with E-state index in [1.165, 1.54) is 11.1 Å². The van der Waals surface area contributed by atoms with Crippen LogP contribution in [0.4, 0.5) is 5.69 Å². The molecule has 0 aromatic heterocycles. The molecule has 1 aliphatic rings. The SMILES string of the molecule is CN(CC(=O)Nc1ccc(C(N)=O)cc1)C1CCc2ccccc21. The second-order valence-electron chi connectivity index (χ2n) is 6.16. The van der Waals surface area contributed by atoms with Crippen LogP contribution in [0.1, 0.15) is 33.9 Å². The first kappa shape index (κ1) is 16.2. The molecule has 0 radical (unpaired) electrons. The van der Waals surface area contributed by atoms with Gasteiger partial charge < -0.3 is 11.1 Å². The molecule has 1 atom stereocenters. The fourth-order valence-electron chi connectivity index (χ4n) is 3.25. The number of nitrogens with zero attached hydrogens (tertiary/aromatic N) is 1. The molecule has 24 heavy (non-hydrogen) atoms. The second kappa shape index (κ2) is 6.84. The Labute approximate surface area is 141 Å². The lowest BCUT2D eigenvalue weighted by Gasteiger charge is -2.24. The number of anilines is 1. The van der Waals surface area contributed by atoms with E-state index < -0.39 is 5.91 Å². The molecule has 3 rings (SSSR count). The van der Waals surface area contributed by atoms with Gasteiger partial charge >= 0.3 is 0 Å². The maximum absolute atomic E-state index is 12.3. The Hall–Kier alpha value is -2.66. The van der Waals surface area contributed by atoms with Gasteiger partial charge in [-0.05, 0) is 55.3 Å². The van der Waals surface area contributed by atoms with Crippen LogP contribution in [0.2, 0.25) is 0 Å². The van der Waals surface area contributed by atoms with E-state index in [-0.39, 0.29) is 11.9 Å². The minimum Gasteiger partial charge on any atom is -0.366 e. The molecular weight excluding hydrogens is 302 g/mol. The molecule has 0 fully saturated rings. The van der Waals surface area contributed by atoms with Gasteiger partial charge in [-0.3, -0.25) is 14.5 Å². The summed E-state index contributed by atoms with van der Waals surface area (Å²) in [6, 6.07) is 15.3. The van der Waals surface area contributed by atoms with Crippen molar-refractivity contribution < 1.29 is 9.59 Å². The molecule has 0 saturated heterocycles. The summed E-state index contributed by atoms with van der Waals surface area (Å²) in [5.74, 6) is -0.554. The average Bonchev–Trinajstić information content (AvgIpc) is 2.99. The third-order valence-corrected chi connectivity index (χ3v) is 4.48. The molecule has 0 aliphatic heterocycles. The van der Waals surface area contributed by atoms with Crippen molar-refractivity contribution in [1.82, 2.24) is 4.90 Å². The quantitative estimate of drug-likeness (QED) is 0.887. The Morgan fingerprint density at radius 2 is 1.88 bits per heavy atom. The Morgan fingerprint density at radius 3 is 2.58 bits per heavy atom. The Kier molecular flexibility index (Phi) is 4.62. The molecular formula is C19H21N3O2. The van der Waals surface area contributed by atoms with Crippen LogP contribution in [-0.4, -0.2) is 30.3 Å². The highest BCUT2D eigenvalue weighted by Gasteiger charge is 2.26. The van der Waals surface area contributed by atoms with Crippen LogP contribution in [0.15, 0.2) is 48.5 Å². The van der Waals surface area contributed by atoms with Gasteiger partial charge in [0.25, 0.3) is 0 Å². The van der Waals surface area contributed by atoms with E-state index in [2.05, 4.69) is 28.4 Å². The Bertz CT molecular complexity index is 755. The number of benzene rings is 2. The maximum Gasteiger partial charge on any atom is 0.248 e. The van der Waals surface area contributed by atoms with E-state index in [0.717, 1.165) is 12.8 Å². The molecule has 5 heteroatoms. The first-order valence-corrected chi connectivity index (χ1v) is 8.02. The van der Waals surface area contributed by atoms with Crippen molar-refractivity contribution in [3.8, 4) is 0 Å². The lowest BCUT2D eigenvalue weighted by molar-refractivity contribution is -0.117. The summed E-state index contributed by atoms with van der Waals surface area (Å²) < 4.78 is 0. The van der Waals surface area contributed by atoms with Crippen LogP contribution in [0.5, 0.6) is 0 Å². The van der Waals surface area contributed by atoms with Gasteiger partial charge in [0.2, 0.25) is 11.8 Å². The molecule has 0 bridgehead atoms. The zero-order chi connectivity index (χ0) is 17.1. The number of primary amides is 1. The van der Waals surface area contributed by atoms with Gasteiger partial charge in [0.05, 0.1) is 6.54 Å². The van der Waals surface area contributed by atoms with Crippen LogP contribution in [0.25, 0.3) is 0 Å². The molecule has 3 N–H and O–H groups in total. The fraction of sp³-hybridized carbons (Fsp3) is 0.263. The number of carbonyl (C=O) groups excluding carboxylic acids is 2. The molecule has 5 nitrogen and oxygen atoms in total. The molecule has 2 amide bonds. The van der Waals surface area contributed by atoms with Gasteiger partial charge in [0, 0.05) is 17.3 Å². The van der Waals surface area contributed by atoms with Crippen LogP contribution in [-0.2, 0) is 11.2 Å². The van der Waals surface area contributed by atoms with Gasteiger partial charge in [-0.25, -0.2) is 0 Å². The van der Waals surface area contributed by atoms with Gasteiger partial charge in [-0.1, -0.05) is 24.3 Å². The van der Waals surface area contributed by atoms with E-state index in [4.69, 9.17) is 5.73 Å². The minimum atomic E-state index is -0.479. The van der Waals surface area contributed by atoms with Crippen LogP contribution < -0.4 is 11.1 Å². The predicted octanol–water partition coefficient (Wildman–Crippen LogP) is 2.34. The molecule has 0 saturated carbocycles. The molecule has 0 heterocycles. The summed E-state index contributed by atoms with van der Waals surface area (Å²) in [5, 5.41) is 2.85. The number of nitrogens with two attached hydrogens (primary N) is 1. The normalized spacial score (nSPS) is 16.0. The van der Waals surface area contributed by atoms with E-state index in [9.17, 15) is 9.59 Å². The lowest BCUT2D eigenvalue weighted by Crippen LogP contribution is -2.32. The summed E-state index contributed by atoms with van der Waals surface area (Å²) >= 11 is 0. The number of hydrogen-bond donors (Lipinski definition) is 2. The first-order chi connectivity index (χ1) is 11.5. The third-order valence-electron chi connectivity index (χ3n) is 4.48. The number of nitrogens with one attached hydrogen (secondary N) is 1. The number of rotatable bonds is 5. The van der Waals surface area contributed by atoms with Gasteiger partial charge in [-0.15, -0.1) is 0 Å².